The van der Waals surface area contributed by atoms with E-state index in [1.54, 1.807) is 60.7 Å². The number of benzene rings is 2. The maximum atomic E-state index is 12.0. The molecule has 0 spiro atoms. The minimum Gasteiger partial charge on any atom is -0.480 e. The van der Waals surface area contributed by atoms with E-state index >= 15 is 0 Å². The third-order valence-corrected chi connectivity index (χ3v) is 5.35. The molecular weight excluding hydrogens is 444 g/mol. The summed E-state index contributed by atoms with van der Waals surface area (Å²) in [6.45, 7) is -1.49. The van der Waals surface area contributed by atoms with Crippen LogP contribution in [0.5, 0.6) is 0 Å². The predicted molar refractivity (Wildman–Crippen MR) is 122 cm³/mol. The average Bonchev–Trinajstić information content (AvgIpc) is 2.78. The lowest BCUT2D eigenvalue weighted by molar-refractivity contribution is -0.150. The highest BCUT2D eigenvalue weighted by Gasteiger charge is 2.31. The first-order valence-corrected chi connectivity index (χ1v) is 10.6. The van der Waals surface area contributed by atoms with Crippen LogP contribution in [0.3, 0.4) is 0 Å². The van der Waals surface area contributed by atoms with Crippen LogP contribution in [0.2, 0.25) is 0 Å². The first-order chi connectivity index (χ1) is 16.2. The van der Waals surface area contributed by atoms with E-state index in [9.17, 15) is 39.6 Å². The largest absolute Gasteiger partial charge is 0.480 e. The molecule has 4 N–H and O–H groups in total. The van der Waals surface area contributed by atoms with Crippen LogP contribution in [0.1, 0.15) is 11.1 Å². The number of aliphatic carboxylic acids is 4. The Labute approximate surface area is 196 Å². The molecule has 10 nitrogen and oxygen atoms in total. The lowest BCUT2D eigenvalue weighted by atomic mass is 10.0. The van der Waals surface area contributed by atoms with Gasteiger partial charge in [-0.3, -0.25) is 29.0 Å². The fourth-order valence-electron chi connectivity index (χ4n) is 3.71. The summed E-state index contributed by atoms with van der Waals surface area (Å²) in [7, 11) is 0. The lowest BCUT2D eigenvalue weighted by Gasteiger charge is -2.32. The van der Waals surface area contributed by atoms with Crippen LogP contribution in [-0.4, -0.2) is 92.4 Å². The van der Waals surface area contributed by atoms with E-state index in [4.69, 9.17) is 0 Å². The van der Waals surface area contributed by atoms with Crippen LogP contribution < -0.4 is 0 Å². The van der Waals surface area contributed by atoms with Crippen molar-refractivity contribution < 1.29 is 39.6 Å². The SMILES string of the molecule is O=C(O)CN(CCN(CC(=O)O)[C@@H](Cc1ccccc1)C(=O)O)[C@@H](Cc1ccccc1)C(=O)O. The second-order valence-electron chi connectivity index (χ2n) is 7.82. The molecule has 0 aliphatic carbocycles. The van der Waals surface area contributed by atoms with E-state index in [0.29, 0.717) is 11.1 Å². The number of rotatable bonds is 15. The number of carboxylic acid groups (broad SMARTS) is 4. The summed E-state index contributed by atoms with van der Waals surface area (Å²) in [6, 6.07) is 15.0. The third-order valence-electron chi connectivity index (χ3n) is 5.35. The second-order valence-corrected chi connectivity index (χ2v) is 7.82. The van der Waals surface area contributed by atoms with E-state index in [1.165, 1.54) is 9.80 Å². The number of hydrogen-bond acceptors (Lipinski definition) is 6. The van der Waals surface area contributed by atoms with Crippen molar-refractivity contribution in [3.63, 3.8) is 0 Å². The summed E-state index contributed by atoms with van der Waals surface area (Å²) >= 11 is 0. The number of nitrogens with zero attached hydrogens (tertiary/aromatic N) is 2. The molecule has 2 rings (SSSR count). The molecule has 0 aliphatic heterocycles. The van der Waals surface area contributed by atoms with Crippen molar-refractivity contribution in [1.29, 1.82) is 0 Å². The zero-order chi connectivity index (χ0) is 25.1. The molecule has 0 radical (unpaired) electrons. The van der Waals surface area contributed by atoms with Gasteiger partial charge in [0.15, 0.2) is 0 Å². The highest BCUT2D eigenvalue weighted by molar-refractivity contribution is 5.77. The normalized spacial score (nSPS) is 12.9. The maximum absolute atomic E-state index is 12.0. The molecule has 0 bridgehead atoms. The van der Waals surface area contributed by atoms with Crippen LogP contribution in [0.25, 0.3) is 0 Å². The van der Waals surface area contributed by atoms with Gasteiger partial charge < -0.3 is 20.4 Å². The molecule has 182 valence electrons. The van der Waals surface area contributed by atoms with Gasteiger partial charge >= 0.3 is 23.9 Å². The molecule has 10 heteroatoms. The van der Waals surface area contributed by atoms with Crippen molar-refractivity contribution in [2.24, 2.45) is 0 Å². The minimum atomic E-state index is -1.25. The van der Waals surface area contributed by atoms with E-state index < -0.39 is 49.1 Å². The molecule has 2 aromatic rings. The van der Waals surface area contributed by atoms with Gasteiger partial charge in [-0.15, -0.1) is 0 Å². The van der Waals surface area contributed by atoms with Gasteiger partial charge in [0.25, 0.3) is 0 Å². The first-order valence-electron chi connectivity index (χ1n) is 10.6. The molecule has 0 amide bonds. The molecule has 0 unspecified atom stereocenters. The molecule has 34 heavy (non-hydrogen) atoms. The Kier molecular flexibility index (Phi) is 10.2. The molecule has 0 aliphatic rings. The highest BCUT2D eigenvalue weighted by atomic mass is 16.4. The number of carbonyl (C=O) groups is 4. The summed E-state index contributed by atoms with van der Waals surface area (Å²) in [5, 5.41) is 38.3. The standard InChI is InChI=1S/C24H28N2O8/c27-21(28)15-25(19(23(31)32)13-17-7-3-1-4-8-17)11-12-26(16-22(29)30)20(24(33)34)14-18-9-5-2-6-10-18/h1-10,19-20H,11-16H2,(H,27,28)(H,29,30)(H,31,32)(H,33,34)/t19-,20-/m0/s1. The predicted octanol–water partition coefficient (Wildman–Crippen LogP) is 1.15. The van der Waals surface area contributed by atoms with E-state index in [1.807, 2.05) is 0 Å². The van der Waals surface area contributed by atoms with Crippen molar-refractivity contribution in [2.75, 3.05) is 26.2 Å². The Morgan fingerprint density at radius 2 is 0.912 bits per heavy atom. The summed E-state index contributed by atoms with van der Waals surface area (Å²) in [4.78, 5) is 49.3. The van der Waals surface area contributed by atoms with E-state index in [0.717, 1.165) is 0 Å². The summed E-state index contributed by atoms with van der Waals surface area (Å²) in [5.41, 5.74) is 1.39. The molecule has 2 aromatic carbocycles. The molecule has 2 atom stereocenters. The molecule has 0 fully saturated rings. The van der Waals surface area contributed by atoms with Crippen LogP contribution in [-0.2, 0) is 32.0 Å². The second kappa shape index (κ2) is 13.1. The summed E-state index contributed by atoms with van der Waals surface area (Å²) in [6.07, 6.45) is 0.0729. The van der Waals surface area contributed by atoms with Gasteiger partial charge in [0.2, 0.25) is 0 Å². The van der Waals surface area contributed by atoms with Crippen molar-refractivity contribution >= 4 is 23.9 Å². The molecule has 0 saturated heterocycles. The average molecular weight is 472 g/mol. The fraction of sp³-hybridized carbons (Fsp3) is 0.333. The maximum Gasteiger partial charge on any atom is 0.321 e. The van der Waals surface area contributed by atoms with Crippen molar-refractivity contribution in [3.05, 3.63) is 71.8 Å². The molecule has 0 saturated carbocycles. The van der Waals surface area contributed by atoms with Gasteiger partial charge in [-0.1, -0.05) is 60.7 Å². The van der Waals surface area contributed by atoms with E-state index in [2.05, 4.69) is 0 Å². The summed E-state index contributed by atoms with van der Waals surface area (Å²) in [5.74, 6) is -4.95. The summed E-state index contributed by atoms with van der Waals surface area (Å²) < 4.78 is 0. The van der Waals surface area contributed by atoms with Gasteiger partial charge in [-0.25, -0.2) is 0 Å². The number of hydrogen-bond donors (Lipinski definition) is 4. The quantitative estimate of drug-likeness (QED) is 0.297. The molecule has 0 heterocycles. The molecule has 0 aromatic heterocycles. The van der Waals surface area contributed by atoms with Gasteiger partial charge in [0.1, 0.15) is 12.1 Å². The third kappa shape index (κ3) is 8.64. The Morgan fingerprint density at radius 3 is 1.18 bits per heavy atom. The van der Waals surface area contributed by atoms with Crippen LogP contribution in [0.4, 0.5) is 0 Å². The van der Waals surface area contributed by atoms with E-state index in [-0.39, 0.29) is 25.9 Å². The van der Waals surface area contributed by atoms with Crippen LogP contribution in [0.15, 0.2) is 60.7 Å². The van der Waals surface area contributed by atoms with Gasteiger partial charge in [0, 0.05) is 13.1 Å². The van der Waals surface area contributed by atoms with Gasteiger partial charge in [0.05, 0.1) is 13.1 Å². The zero-order valence-corrected chi connectivity index (χ0v) is 18.5. The van der Waals surface area contributed by atoms with Crippen molar-refractivity contribution in [3.8, 4) is 0 Å². The smallest absolute Gasteiger partial charge is 0.321 e. The van der Waals surface area contributed by atoms with Crippen LogP contribution in [0, 0.1) is 0 Å². The van der Waals surface area contributed by atoms with Gasteiger partial charge in [-0.2, -0.15) is 0 Å². The highest BCUT2D eigenvalue weighted by Crippen LogP contribution is 2.13. The topological polar surface area (TPSA) is 156 Å². The zero-order valence-electron chi connectivity index (χ0n) is 18.5. The Morgan fingerprint density at radius 1 is 0.588 bits per heavy atom. The molecular formula is C24H28N2O8. The Bertz CT molecular complexity index is 888. The van der Waals surface area contributed by atoms with Crippen molar-refractivity contribution in [2.45, 2.75) is 24.9 Å². The monoisotopic (exact) mass is 472 g/mol. The number of carboxylic acids is 4. The van der Waals surface area contributed by atoms with Gasteiger partial charge in [-0.05, 0) is 24.0 Å². The Hall–Kier alpha value is -3.76. The Balaban J connectivity index is 2.25. The van der Waals surface area contributed by atoms with Crippen molar-refractivity contribution in [1.82, 2.24) is 9.80 Å². The minimum absolute atomic E-state index is 0.0365. The fourth-order valence-corrected chi connectivity index (χ4v) is 3.71. The first kappa shape index (κ1) is 26.5. The lowest BCUT2D eigenvalue weighted by Crippen LogP contribution is -2.52. The van der Waals surface area contributed by atoms with Crippen LogP contribution >= 0.6 is 0 Å².